The zero-order valence-electron chi connectivity index (χ0n) is 15.4. The van der Waals surface area contributed by atoms with Crippen LogP contribution in [-0.4, -0.2) is 54.2 Å². The fourth-order valence-corrected chi connectivity index (χ4v) is 5.91. The van der Waals surface area contributed by atoms with Crippen molar-refractivity contribution < 1.29 is 13.2 Å². The van der Waals surface area contributed by atoms with Crippen LogP contribution in [0.3, 0.4) is 0 Å². The molecule has 2 atom stereocenters. The summed E-state index contributed by atoms with van der Waals surface area (Å²) in [7, 11) is -3.25. The van der Waals surface area contributed by atoms with Gasteiger partial charge in [-0.25, -0.2) is 12.7 Å². The summed E-state index contributed by atoms with van der Waals surface area (Å²) < 4.78 is 26.1. The van der Waals surface area contributed by atoms with Gasteiger partial charge in [-0.1, -0.05) is 43.7 Å². The van der Waals surface area contributed by atoms with Crippen molar-refractivity contribution in [2.24, 2.45) is 0 Å². The Hall–Kier alpha value is -1.05. The molecule has 0 N–H and O–H groups in total. The maximum atomic E-state index is 12.6. The summed E-state index contributed by atoms with van der Waals surface area (Å²) in [5.41, 5.74) is 2.26. The summed E-state index contributed by atoms with van der Waals surface area (Å²) in [6.07, 6.45) is 0.598. The number of rotatable bonds is 8. The van der Waals surface area contributed by atoms with Gasteiger partial charge < -0.3 is 4.90 Å². The number of hydrogen-bond donors (Lipinski definition) is 0. The van der Waals surface area contributed by atoms with Gasteiger partial charge in [0, 0.05) is 19.6 Å². The minimum Gasteiger partial charge on any atom is -0.324 e. The minimum absolute atomic E-state index is 0.0463. The Bertz CT molecular complexity index is 706. The Morgan fingerprint density at radius 1 is 1.28 bits per heavy atom. The van der Waals surface area contributed by atoms with Crippen LogP contribution in [0.15, 0.2) is 24.3 Å². The minimum atomic E-state index is -3.25. The number of nitrogens with zero attached hydrogens (tertiary/aromatic N) is 2. The first kappa shape index (κ1) is 20.3. The van der Waals surface area contributed by atoms with E-state index in [9.17, 15) is 13.2 Å². The predicted molar refractivity (Wildman–Crippen MR) is 104 cm³/mol. The van der Waals surface area contributed by atoms with Crippen LogP contribution < -0.4 is 0 Å². The lowest BCUT2D eigenvalue weighted by Gasteiger charge is -2.28. The number of carbonyl (C=O) groups is 1. The van der Waals surface area contributed by atoms with Crippen LogP contribution in [-0.2, 0) is 14.8 Å². The Balaban J connectivity index is 2.16. The molecule has 0 aromatic heterocycles. The molecule has 25 heavy (non-hydrogen) atoms. The molecule has 1 aliphatic heterocycles. The van der Waals surface area contributed by atoms with E-state index >= 15 is 0 Å². The summed E-state index contributed by atoms with van der Waals surface area (Å²) in [5, 5.41) is -0.150. The largest absolute Gasteiger partial charge is 0.324 e. The molecule has 0 aliphatic carbocycles. The van der Waals surface area contributed by atoms with E-state index in [1.807, 2.05) is 50.8 Å². The van der Waals surface area contributed by atoms with Crippen LogP contribution in [0, 0.1) is 6.92 Å². The van der Waals surface area contributed by atoms with Crippen molar-refractivity contribution in [3.63, 3.8) is 0 Å². The number of carbonyl (C=O) groups excluding carboxylic acids is 1. The Morgan fingerprint density at radius 2 is 2.00 bits per heavy atom. The van der Waals surface area contributed by atoms with Crippen molar-refractivity contribution in [2.45, 2.75) is 44.7 Å². The molecule has 1 aliphatic rings. The van der Waals surface area contributed by atoms with Gasteiger partial charge in [-0.2, -0.15) is 0 Å². The molecule has 1 fully saturated rings. The van der Waals surface area contributed by atoms with Crippen LogP contribution >= 0.6 is 11.8 Å². The molecule has 1 aromatic rings. The topological polar surface area (TPSA) is 57.7 Å². The van der Waals surface area contributed by atoms with E-state index in [-0.39, 0.29) is 22.3 Å². The lowest BCUT2D eigenvalue weighted by atomic mass is 10.1. The Labute approximate surface area is 155 Å². The molecule has 2 rings (SSSR count). The molecule has 0 saturated carbocycles. The highest BCUT2D eigenvalue weighted by Crippen LogP contribution is 2.42. The summed E-state index contributed by atoms with van der Waals surface area (Å²) in [6.45, 7) is 8.86. The monoisotopic (exact) mass is 384 g/mol. The first-order valence-corrected chi connectivity index (χ1v) is 11.4. The smallest absolute Gasteiger partial charge is 0.236 e. The maximum Gasteiger partial charge on any atom is 0.236 e. The fourth-order valence-electron chi connectivity index (χ4n) is 3.08. The van der Waals surface area contributed by atoms with Gasteiger partial charge in [-0.15, -0.1) is 11.8 Å². The van der Waals surface area contributed by atoms with Crippen LogP contribution in [0.4, 0.5) is 0 Å². The molecule has 0 bridgehead atoms. The van der Waals surface area contributed by atoms with Gasteiger partial charge in [0.25, 0.3) is 0 Å². The molecule has 0 radical (unpaired) electrons. The van der Waals surface area contributed by atoms with Crippen molar-refractivity contribution in [1.82, 2.24) is 9.21 Å². The van der Waals surface area contributed by atoms with Crippen LogP contribution in [0.25, 0.3) is 0 Å². The molecule has 1 saturated heterocycles. The lowest BCUT2D eigenvalue weighted by Crippen LogP contribution is -2.41. The lowest BCUT2D eigenvalue weighted by molar-refractivity contribution is -0.129. The number of aryl methyl sites for hydroxylation is 1. The zero-order chi connectivity index (χ0) is 18.6. The second-order valence-electron chi connectivity index (χ2n) is 6.38. The molecule has 1 aromatic carbocycles. The molecule has 1 amide bonds. The predicted octanol–water partition coefficient (Wildman–Crippen LogP) is 3.02. The third-order valence-corrected chi connectivity index (χ3v) is 7.92. The average molecular weight is 385 g/mol. The van der Waals surface area contributed by atoms with E-state index in [0.717, 1.165) is 11.1 Å². The summed E-state index contributed by atoms with van der Waals surface area (Å²) in [5.74, 6) is 0.238. The maximum absolute atomic E-state index is 12.6. The van der Waals surface area contributed by atoms with Crippen molar-refractivity contribution in [1.29, 1.82) is 0 Å². The van der Waals surface area contributed by atoms with Crippen molar-refractivity contribution in [3.8, 4) is 0 Å². The third kappa shape index (κ3) is 4.77. The molecule has 0 spiro atoms. The van der Waals surface area contributed by atoms with E-state index in [1.54, 1.807) is 11.8 Å². The number of thioether (sulfide) groups is 1. The standard InChI is InChI=1S/C18H28N2O3S2/c1-5-12-25(22,23)19(6-2)10-11-20-17(21)15(4)24-18(20)16-9-7-8-14(3)13-16/h7-9,13,15,18H,5-6,10-12H2,1-4H3. The van der Waals surface area contributed by atoms with E-state index < -0.39 is 10.0 Å². The van der Waals surface area contributed by atoms with Gasteiger partial charge in [0.15, 0.2) is 0 Å². The van der Waals surface area contributed by atoms with Gasteiger partial charge in [0.05, 0.1) is 11.0 Å². The first-order chi connectivity index (χ1) is 11.8. The molecule has 5 nitrogen and oxygen atoms in total. The molecular formula is C18H28N2O3S2. The number of likely N-dealkylation sites (N-methyl/N-ethyl adjacent to an activating group) is 1. The van der Waals surface area contributed by atoms with E-state index in [2.05, 4.69) is 6.07 Å². The number of benzene rings is 1. The fraction of sp³-hybridized carbons (Fsp3) is 0.611. The van der Waals surface area contributed by atoms with Gasteiger partial charge in [0.1, 0.15) is 5.37 Å². The van der Waals surface area contributed by atoms with E-state index in [1.165, 1.54) is 4.31 Å². The summed E-state index contributed by atoms with van der Waals surface area (Å²) >= 11 is 1.63. The highest BCUT2D eigenvalue weighted by atomic mass is 32.2. The molecular weight excluding hydrogens is 356 g/mol. The molecule has 1 heterocycles. The van der Waals surface area contributed by atoms with E-state index in [0.29, 0.717) is 26.1 Å². The normalized spacial score (nSPS) is 21.3. The quantitative estimate of drug-likeness (QED) is 0.691. The van der Waals surface area contributed by atoms with E-state index in [4.69, 9.17) is 0 Å². The third-order valence-electron chi connectivity index (χ3n) is 4.37. The summed E-state index contributed by atoms with van der Waals surface area (Å²) in [4.78, 5) is 14.4. The van der Waals surface area contributed by atoms with Gasteiger partial charge in [-0.05, 0) is 25.8 Å². The van der Waals surface area contributed by atoms with Crippen LogP contribution in [0.2, 0.25) is 0 Å². The van der Waals surface area contributed by atoms with Gasteiger partial charge >= 0.3 is 0 Å². The zero-order valence-corrected chi connectivity index (χ0v) is 17.1. The number of sulfonamides is 1. The van der Waals surface area contributed by atoms with Crippen molar-refractivity contribution in [3.05, 3.63) is 35.4 Å². The Morgan fingerprint density at radius 3 is 2.60 bits per heavy atom. The SMILES string of the molecule is CCCS(=O)(=O)N(CC)CCN1C(=O)C(C)SC1c1cccc(C)c1. The second kappa shape index (κ2) is 8.56. The Kier molecular flexibility index (Phi) is 6.93. The second-order valence-corrected chi connectivity index (χ2v) is 9.90. The van der Waals surface area contributed by atoms with Crippen molar-refractivity contribution in [2.75, 3.05) is 25.4 Å². The van der Waals surface area contributed by atoms with Gasteiger partial charge in [-0.3, -0.25) is 4.79 Å². The van der Waals surface area contributed by atoms with Crippen LogP contribution in [0.5, 0.6) is 0 Å². The van der Waals surface area contributed by atoms with Gasteiger partial charge in [0.2, 0.25) is 15.9 Å². The number of amides is 1. The molecule has 2 unspecified atom stereocenters. The highest BCUT2D eigenvalue weighted by molar-refractivity contribution is 8.01. The number of hydrogen-bond acceptors (Lipinski definition) is 4. The highest BCUT2D eigenvalue weighted by Gasteiger charge is 2.38. The first-order valence-electron chi connectivity index (χ1n) is 8.80. The molecule has 140 valence electrons. The van der Waals surface area contributed by atoms with Crippen LogP contribution in [0.1, 0.15) is 43.7 Å². The molecule has 7 heteroatoms. The summed E-state index contributed by atoms with van der Waals surface area (Å²) in [6, 6.07) is 8.17. The average Bonchev–Trinajstić information content (AvgIpc) is 2.83. The van der Waals surface area contributed by atoms with Crippen molar-refractivity contribution >= 4 is 27.7 Å².